The lowest BCUT2D eigenvalue weighted by Crippen LogP contribution is -2.35. The summed E-state index contributed by atoms with van der Waals surface area (Å²) >= 11 is 0. The molecular formula is C14H21NO3S. The van der Waals surface area contributed by atoms with Gasteiger partial charge in [-0.05, 0) is 17.6 Å². The lowest BCUT2D eigenvalue weighted by atomic mass is 10.1. The predicted octanol–water partition coefficient (Wildman–Crippen LogP) is 2.25. The molecule has 19 heavy (non-hydrogen) atoms. The molecular weight excluding hydrogens is 262 g/mol. The molecule has 0 bridgehead atoms. The molecule has 0 radical (unpaired) electrons. The quantitative estimate of drug-likeness (QED) is 0.835. The van der Waals surface area contributed by atoms with Crippen molar-refractivity contribution in [1.29, 1.82) is 0 Å². The Balaban J connectivity index is 2.60. The van der Waals surface area contributed by atoms with Gasteiger partial charge < -0.3 is 4.74 Å². The zero-order valence-electron chi connectivity index (χ0n) is 11.5. The topological polar surface area (TPSA) is 55.4 Å². The van der Waals surface area contributed by atoms with E-state index in [0.717, 1.165) is 5.56 Å². The molecule has 1 N–H and O–H groups in total. The van der Waals surface area contributed by atoms with Crippen LogP contribution >= 0.6 is 0 Å². The van der Waals surface area contributed by atoms with Gasteiger partial charge in [0.25, 0.3) is 0 Å². The molecule has 0 aliphatic carbocycles. The molecule has 0 fully saturated rings. The summed E-state index contributed by atoms with van der Waals surface area (Å²) in [4.78, 5) is 0. The van der Waals surface area contributed by atoms with E-state index in [-0.39, 0.29) is 18.6 Å². The molecule has 0 amide bonds. The Morgan fingerprint density at radius 3 is 2.42 bits per heavy atom. The standard InChI is InChI=1S/C14H21NO3S/c1-12(2)14(18-3)11-15-19(16,17)10-9-13-7-5-4-6-8-13/h4-10,12,14-15H,11H2,1-3H3/b10-9-/t14-/m1/s1. The fraction of sp³-hybridized carbons (Fsp3) is 0.429. The van der Waals surface area contributed by atoms with Crippen molar-refractivity contribution in [2.75, 3.05) is 13.7 Å². The van der Waals surface area contributed by atoms with Crippen LogP contribution in [-0.2, 0) is 14.8 Å². The molecule has 106 valence electrons. The SMILES string of the molecule is CO[C@H](CNS(=O)(=O)/C=C\c1ccccc1)C(C)C. The Bertz CT molecular complexity index is 495. The third-order valence-electron chi connectivity index (χ3n) is 2.77. The summed E-state index contributed by atoms with van der Waals surface area (Å²) in [5.41, 5.74) is 0.847. The highest BCUT2D eigenvalue weighted by molar-refractivity contribution is 7.92. The van der Waals surface area contributed by atoms with Crippen LogP contribution in [0, 0.1) is 5.92 Å². The lowest BCUT2D eigenvalue weighted by molar-refractivity contribution is 0.0692. The van der Waals surface area contributed by atoms with E-state index < -0.39 is 10.0 Å². The molecule has 0 aliphatic heterocycles. The first kappa shape index (κ1) is 15.9. The van der Waals surface area contributed by atoms with E-state index in [1.165, 1.54) is 5.41 Å². The molecule has 0 saturated heterocycles. The second-order valence-electron chi connectivity index (χ2n) is 4.63. The van der Waals surface area contributed by atoms with Crippen LogP contribution in [0.15, 0.2) is 35.7 Å². The highest BCUT2D eigenvalue weighted by Crippen LogP contribution is 2.06. The van der Waals surface area contributed by atoms with Crippen molar-refractivity contribution in [3.05, 3.63) is 41.3 Å². The molecule has 0 heterocycles. The van der Waals surface area contributed by atoms with Crippen LogP contribution in [0.4, 0.5) is 0 Å². The smallest absolute Gasteiger partial charge is 0.233 e. The summed E-state index contributed by atoms with van der Waals surface area (Å²) in [7, 11) is -1.85. The van der Waals surface area contributed by atoms with Gasteiger partial charge in [0, 0.05) is 19.1 Å². The van der Waals surface area contributed by atoms with Crippen LogP contribution in [0.3, 0.4) is 0 Å². The van der Waals surface area contributed by atoms with Gasteiger partial charge in [0.2, 0.25) is 10.0 Å². The van der Waals surface area contributed by atoms with Crippen LogP contribution in [0.25, 0.3) is 6.08 Å². The molecule has 0 spiro atoms. The van der Waals surface area contributed by atoms with Crippen molar-refractivity contribution >= 4 is 16.1 Å². The highest BCUT2D eigenvalue weighted by atomic mass is 32.2. The third kappa shape index (κ3) is 6.00. The summed E-state index contributed by atoms with van der Waals surface area (Å²) in [5.74, 6) is 0.255. The van der Waals surface area contributed by atoms with Crippen LogP contribution in [-0.4, -0.2) is 28.2 Å². The number of hydrogen-bond donors (Lipinski definition) is 1. The maximum absolute atomic E-state index is 11.8. The minimum atomic E-state index is -3.43. The Kier molecular flexibility index (Phi) is 6.21. The molecule has 5 heteroatoms. The largest absolute Gasteiger partial charge is 0.380 e. The van der Waals surface area contributed by atoms with Crippen molar-refractivity contribution in [1.82, 2.24) is 4.72 Å². The van der Waals surface area contributed by atoms with Crippen molar-refractivity contribution < 1.29 is 13.2 Å². The molecule has 4 nitrogen and oxygen atoms in total. The minimum absolute atomic E-state index is 0.125. The van der Waals surface area contributed by atoms with Crippen LogP contribution in [0.5, 0.6) is 0 Å². The lowest BCUT2D eigenvalue weighted by Gasteiger charge is -2.18. The summed E-state index contributed by atoms with van der Waals surface area (Å²) in [5, 5.41) is 1.18. The second-order valence-corrected chi connectivity index (χ2v) is 6.28. The summed E-state index contributed by atoms with van der Waals surface area (Å²) in [6, 6.07) is 9.30. The van der Waals surface area contributed by atoms with E-state index in [1.807, 2.05) is 44.2 Å². The fourth-order valence-corrected chi connectivity index (χ4v) is 2.40. The Labute approximate surface area is 115 Å². The molecule has 1 aromatic rings. The van der Waals surface area contributed by atoms with Crippen LogP contribution in [0.1, 0.15) is 19.4 Å². The number of hydrogen-bond acceptors (Lipinski definition) is 3. The van der Waals surface area contributed by atoms with E-state index in [0.29, 0.717) is 0 Å². The normalized spacial score (nSPS) is 14.1. The molecule has 1 atom stereocenters. The summed E-state index contributed by atoms with van der Waals surface area (Å²) < 4.78 is 31.3. The van der Waals surface area contributed by atoms with Gasteiger partial charge >= 0.3 is 0 Å². The number of benzene rings is 1. The highest BCUT2D eigenvalue weighted by Gasteiger charge is 2.15. The van der Waals surface area contributed by atoms with Gasteiger partial charge in [-0.1, -0.05) is 44.2 Å². The molecule has 0 aromatic heterocycles. The van der Waals surface area contributed by atoms with E-state index in [9.17, 15) is 8.42 Å². The first-order valence-corrected chi connectivity index (χ1v) is 7.75. The number of ether oxygens (including phenoxy) is 1. The molecule has 1 rings (SSSR count). The van der Waals surface area contributed by atoms with E-state index in [1.54, 1.807) is 13.2 Å². The van der Waals surface area contributed by atoms with Crippen LogP contribution in [0.2, 0.25) is 0 Å². The van der Waals surface area contributed by atoms with Gasteiger partial charge in [-0.25, -0.2) is 13.1 Å². The molecule has 1 aromatic carbocycles. The van der Waals surface area contributed by atoms with Crippen molar-refractivity contribution in [2.24, 2.45) is 5.92 Å². The molecule has 0 saturated carbocycles. The maximum atomic E-state index is 11.8. The zero-order chi connectivity index (χ0) is 14.3. The average molecular weight is 283 g/mol. The van der Waals surface area contributed by atoms with E-state index in [4.69, 9.17) is 4.74 Å². The van der Waals surface area contributed by atoms with Gasteiger partial charge in [0.15, 0.2) is 0 Å². The Morgan fingerprint density at radius 1 is 1.26 bits per heavy atom. The zero-order valence-corrected chi connectivity index (χ0v) is 12.4. The summed E-state index contributed by atoms with van der Waals surface area (Å²) in [6.07, 6.45) is 1.44. The van der Waals surface area contributed by atoms with E-state index in [2.05, 4.69) is 4.72 Å². The van der Waals surface area contributed by atoms with Gasteiger partial charge in [0.05, 0.1) is 6.10 Å². The number of nitrogens with one attached hydrogen (secondary N) is 1. The predicted molar refractivity (Wildman–Crippen MR) is 78.0 cm³/mol. The average Bonchev–Trinajstić information content (AvgIpc) is 2.38. The minimum Gasteiger partial charge on any atom is -0.380 e. The first-order chi connectivity index (χ1) is 8.94. The fourth-order valence-electron chi connectivity index (χ4n) is 1.57. The van der Waals surface area contributed by atoms with Gasteiger partial charge in [-0.2, -0.15) is 0 Å². The Morgan fingerprint density at radius 2 is 1.89 bits per heavy atom. The van der Waals surface area contributed by atoms with Gasteiger partial charge in [-0.3, -0.25) is 0 Å². The van der Waals surface area contributed by atoms with E-state index >= 15 is 0 Å². The number of rotatable bonds is 7. The second kappa shape index (κ2) is 7.43. The van der Waals surface area contributed by atoms with Crippen LogP contribution < -0.4 is 4.72 Å². The molecule has 0 unspecified atom stereocenters. The first-order valence-electron chi connectivity index (χ1n) is 6.20. The number of methoxy groups -OCH3 is 1. The number of sulfonamides is 1. The van der Waals surface area contributed by atoms with Gasteiger partial charge in [-0.15, -0.1) is 0 Å². The third-order valence-corrected chi connectivity index (χ3v) is 3.83. The van der Waals surface area contributed by atoms with Crippen molar-refractivity contribution in [3.63, 3.8) is 0 Å². The van der Waals surface area contributed by atoms with Gasteiger partial charge in [0.1, 0.15) is 0 Å². The van der Waals surface area contributed by atoms with Crippen molar-refractivity contribution in [3.8, 4) is 0 Å². The maximum Gasteiger partial charge on any atom is 0.233 e. The monoisotopic (exact) mass is 283 g/mol. The summed E-state index contributed by atoms with van der Waals surface area (Å²) in [6.45, 7) is 4.25. The van der Waals surface area contributed by atoms with Crippen molar-refractivity contribution in [2.45, 2.75) is 20.0 Å². The Hall–Kier alpha value is -1.17. The molecule has 0 aliphatic rings.